The Morgan fingerprint density at radius 3 is 2.40 bits per heavy atom. The molecule has 1 amide bonds. The minimum atomic E-state index is 0.250. The van der Waals surface area contributed by atoms with Crippen molar-refractivity contribution in [3.63, 3.8) is 0 Å². The molecule has 2 N–H and O–H groups in total. The molecule has 0 unspecified atom stereocenters. The lowest BCUT2D eigenvalue weighted by atomic mass is 10.1. The van der Waals surface area contributed by atoms with Crippen LogP contribution in [0.25, 0.3) is 16.8 Å². The molecule has 0 aliphatic rings. The van der Waals surface area contributed by atoms with E-state index in [1.165, 1.54) is 16.8 Å². The van der Waals surface area contributed by atoms with Crippen molar-refractivity contribution in [3.8, 4) is 17.0 Å². The highest BCUT2D eigenvalue weighted by molar-refractivity contribution is 5.67. The second kappa shape index (κ2) is 6.43. The van der Waals surface area contributed by atoms with Crippen molar-refractivity contribution in [2.45, 2.75) is 0 Å². The van der Waals surface area contributed by atoms with Crippen LogP contribution in [-0.4, -0.2) is 17.9 Å². The van der Waals surface area contributed by atoms with Gasteiger partial charge in [0, 0.05) is 11.7 Å². The molecule has 2 aromatic heterocycles. The summed E-state index contributed by atoms with van der Waals surface area (Å²) in [5, 5.41) is 0. The first kappa shape index (κ1) is 13.7. The van der Waals surface area contributed by atoms with E-state index in [4.69, 9.17) is 9.53 Å². The first-order chi connectivity index (χ1) is 9.80. The highest BCUT2D eigenvalue weighted by Gasteiger charge is 2.03. The number of pyridine rings is 1. The first-order valence-electron chi connectivity index (χ1n) is 6.16. The summed E-state index contributed by atoms with van der Waals surface area (Å²) in [6, 6.07) is 18.6. The molecule has 0 atom stereocenters. The molecular formula is C16H16N2O2. The minimum Gasteiger partial charge on any atom is -0.497 e. The molecule has 0 bridgehead atoms. The quantitative estimate of drug-likeness (QED) is 0.726. The number of ether oxygens (including phenoxy) is 1. The smallest absolute Gasteiger partial charge is 0.204 e. The molecule has 4 nitrogen and oxygen atoms in total. The van der Waals surface area contributed by atoms with Gasteiger partial charge in [-0.3, -0.25) is 4.79 Å². The molecule has 0 saturated carbocycles. The van der Waals surface area contributed by atoms with Gasteiger partial charge in [0.25, 0.3) is 0 Å². The van der Waals surface area contributed by atoms with Crippen LogP contribution in [0.1, 0.15) is 0 Å². The van der Waals surface area contributed by atoms with Gasteiger partial charge in [0.2, 0.25) is 6.41 Å². The van der Waals surface area contributed by atoms with Crippen LogP contribution in [0.3, 0.4) is 0 Å². The van der Waals surface area contributed by atoms with Crippen LogP contribution in [0.2, 0.25) is 0 Å². The number of carbonyl (C=O) groups excluding carboxylic acids is 1. The molecule has 4 heteroatoms. The van der Waals surface area contributed by atoms with Crippen LogP contribution in [0.4, 0.5) is 0 Å². The summed E-state index contributed by atoms with van der Waals surface area (Å²) in [6.45, 7) is 0. The summed E-state index contributed by atoms with van der Waals surface area (Å²) in [4.78, 5) is 8.58. The second-order valence-electron chi connectivity index (χ2n) is 4.08. The zero-order chi connectivity index (χ0) is 14.4. The summed E-state index contributed by atoms with van der Waals surface area (Å²) in [5.41, 5.74) is 7.76. The lowest BCUT2D eigenvalue weighted by Crippen LogP contribution is -1.87. The number of methoxy groups -OCH3 is 1. The van der Waals surface area contributed by atoms with Crippen molar-refractivity contribution in [2.24, 2.45) is 5.73 Å². The van der Waals surface area contributed by atoms with E-state index >= 15 is 0 Å². The van der Waals surface area contributed by atoms with Crippen LogP contribution in [-0.2, 0) is 4.79 Å². The Hall–Kier alpha value is -2.75. The maximum absolute atomic E-state index is 8.58. The molecule has 0 fully saturated rings. The van der Waals surface area contributed by atoms with Crippen molar-refractivity contribution in [1.82, 2.24) is 4.40 Å². The van der Waals surface area contributed by atoms with E-state index in [2.05, 4.69) is 46.7 Å². The average Bonchev–Trinajstić information content (AvgIpc) is 2.92. The van der Waals surface area contributed by atoms with Gasteiger partial charge in [0.1, 0.15) is 5.75 Å². The Labute approximate surface area is 117 Å². The molecule has 0 spiro atoms. The Morgan fingerprint density at radius 1 is 1.05 bits per heavy atom. The van der Waals surface area contributed by atoms with Gasteiger partial charge in [-0.2, -0.15) is 0 Å². The molecule has 3 aromatic rings. The van der Waals surface area contributed by atoms with Gasteiger partial charge >= 0.3 is 0 Å². The summed E-state index contributed by atoms with van der Waals surface area (Å²) in [5.74, 6) is 0.884. The Kier molecular flexibility index (Phi) is 4.39. The fourth-order valence-electron chi connectivity index (χ4n) is 2.05. The second-order valence-corrected chi connectivity index (χ2v) is 4.08. The normalized spacial score (nSPS) is 9.65. The molecule has 102 valence electrons. The molecule has 3 rings (SSSR count). The van der Waals surface area contributed by atoms with Crippen LogP contribution in [0.15, 0.2) is 60.8 Å². The van der Waals surface area contributed by atoms with Crippen molar-refractivity contribution in [2.75, 3.05) is 7.11 Å². The summed E-state index contributed by atoms with van der Waals surface area (Å²) in [6.07, 6.45) is 2.33. The number of fused-ring (bicyclic) bond motifs is 1. The SMILES string of the molecule is COc1ccc(-c2ccc3ccccn23)cc1.NC=O. The highest BCUT2D eigenvalue weighted by Crippen LogP contribution is 2.24. The number of amides is 1. The number of rotatable bonds is 2. The van der Waals surface area contributed by atoms with E-state index in [0.717, 1.165) is 5.75 Å². The van der Waals surface area contributed by atoms with Crippen LogP contribution in [0, 0.1) is 0 Å². The van der Waals surface area contributed by atoms with E-state index in [1.807, 2.05) is 24.3 Å². The molecular weight excluding hydrogens is 252 g/mol. The van der Waals surface area contributed by atoms with Crippen molar-refractivity contribution in [1.29, 1.82) is 0 Å². The minimum absolute atomic E-state index is 0.250. The van der Waals surface area contributed by atoms with Gasteiger partial charge in [-0.15, -0.1) is 0 Å². The summed E-state index contributed by atoms with van der Waals surface area (Å²) < 4.78 is 7.35. The number of carbonyl (C=O) groups is 1. The number of nitrogens with zero attached hydrogens (tertiary/aromatic N) is 1. The lowest BCUT2D eigenvalue weighted by Gasteiger charge is -2.04. The number of nitrogens with two attached hydrogens (primary N) is 1. The zero-order valence-corrected chi connectivity index (χ0v) is 11.2. The predicted molar refractivity (Wildman–Crippen MR) is 79.6 cm³/mol. The van der Waals surface area contributed by atoms with Gasteiger partial charge in [-0.05, 0) is 54.1 Å². The highest BCUT2D eigenvalue weighted by atomic mass is 16.5. The van der Waals surface area contributed by atoms with Gasteiger partial charge in [0.05, 0.1) is 12.8 Å². The molecule has 0 aliphatic carbocycles. The van der Waals surface area contributed by atoms with E-state index in [1.54, 1.807) is 7.11 Å². The Balaban J connectivity index is 0.000000452. The number of aromatic nitrogens is 1. The van der Waals surface area contributed by atoms with Crippen LogP contribution >= 0.6 is 0 Å². The van der Waals surface area contributed by atoms with Gasteiger partial charge < -0.3 is 14.9 Å². The van der Waals surface area contributed by atoms with Crippen LogP contribution < -0.4 is 10.5 Å². The fourth-order valence-corrected chi connectivity index (χ4v) is 2.05. The van der Waals surface area contributed by atoms with Gasteiger partial charge in [-0.25, -0.2) is 0 Å². The fraction of sp³-hybridized carbons (Fsp3) is 0.0625. The molecule has 1 aromatic carbocycles. The number of primary amides is 1. The summed E-state index contributed by atoms with van der Waals surface area (Å²) in [7, 11) is 1.68. The number of benzene rings is 1. The molecule has 0 radical (unpaired) electrons. The standard InChI is InChI=1S/C15H13NO.CH3NO/c1-17-14-8-5-12(6-9-14)15-10-7-13-4-2-3-11-16(13)15;2-1-3/h2-11H,1H3;1H,(H2,2,3). The maximum atomic E-state index is 8.58. The lowest BCUT2D eigenvalue weighted by molar-refractivity contribution is -0.106. The monoisotopic (exact) mass is 268 g/mol. The summed E-state index contributed by atoms with van der Waals surface area (Å²) >= 11 is 0. The van der Waals surface area contributed by atoms with Crippen molar-refractivity contribution >= 4 is 11.9 Å². The maximum Gasteiger partial charge on any atom is 0.204 e. The molecule has 20 heavy (non-hydrogen) atoms. The van der Waals surface area contributed by atoms with Crippen LogP contribution in [0.5, 0.6) is 5.75 Å². The first-order valence-corrected chi connectivity index (χ1v) is 6.16. The predicted octanol–water partition coefficient (Wildman–Crippen LogP) is 2.72. The topological polar surface area (TPSA) is 56.7 Å². The zero-order valence-electron chi connectivity index (χ0n) is 11.2. The number of hydrogen-bond donors (Lipinski definition) is 1. The van der Waals surface area contributed by atoms with E-state index in [0.29, 0.717) is 0 Å². The third kappa shape index (κ3) is 2.80. The average molecular weight is 268 g/mol. The van der Waals surface area contributed by atoms with E-state index in [9.17, 15) is 0 Å². The third-order valence-corrected chi connectivity index (χ3v) is 2.95. The molecule has 0 saturated heterocycles. The Morgan fingerprint density at radius 2 is 1.75 bits per heavy atom. The molecule has 0 aliphatic heterocycles. The molecule has 2 heterocycles. The van der Waals surface area contributed by atoms with Crippen molar-refractivity contribution < 1.29 is 9.53 Å². The number of hydrogen-bond acceptors (Lipinski definition) is 2. The largest absolute Gasteiger partial charge is 0.497 e. The Bertz CT molecular complexity index is 687. The van der Waals surface area contributed by atoms with Gasteiger partial charge in [-0.1, -0.05) is 6.07 Å². The third-order valence-electron chi connectivity index (χ3n) is 2.95. The van der Waals surface area contributed by atoms with E-state index in [-0.39, 0.29) is 6.41 Å². The van der Waals surface area contributed by atoms with Crippen molar-refractivity contribution in [3.05, 3.63) is 60.8 Å². The van der Waals surface area contributed by atoms with E-state index < -0.39 is 0 Å². The van der Waals surface area contributed by atoms with Gasteiger partial charge in [0.15, 0.2) is 0 Å².